The molecule has 0 aromatic carbocycles. The van der Waals surface area contributed by atoms with Gasteiger partial charge in [-0.15, -0.1) is 0 Å². The van der Waals surface area contributed by atoms with Gasteiger partial charge in [0.2, 0.25) is 0 Å². The Balaban J connectivity index is 2.64. The van der Waals surface area contributed by atoms with E-state index in [1.807, 2.05) is 13.1 Å². The SMILES string of the molecule is CNCc1ccc(CC(=O)O)cn1. The van der Waals surface area contributed by atoms with Gasteiger partial charge in [-0.2, -0.15) is 0 Å². The minimum atomic E-state index is -0.830. The lowest BCUT2D eigenvalue weighted by Crippen LogP contribution is -2.07. The number of aliphatic carboxylic acids is 1. The molecule has 0 fully saturated rings. The molecular formula is C9H12N2O2. The van der Waals surface area contributed by atoms with E-state index >= 15 is 0 Å². The van der Waals surface area contributed by atoms with Gasteiger partial charge < -0.3 is 10.4 Å². The van der Waals surface area contributed by atoms with Crippen molar-refractivity contribution < 1.29 is 9.90 Å². The fraction of sp³-hybridized carbons (Fsp3) is 0.333. The molecule has 0 bridgehead atoms. The maximum Gasteiger partial charge on any atom is 0.307 e. The summed E-state index contributed by atoms with van der Waals surface area (Å²) in [5.41, 5.74) is 1.64. The first-order chi connectivity index (χ1) is 6.22. The first-order valence-electron chi connectivity index (χ1n) is 4.02. The van der Waals surface area contributed by atoms with Crippen LogP contribution in [-0.2, 0) is 17.8 Å². The summed E-state index contributed by atoms with van der Waals surface area (Å²) < 4.78 is 0. The predicted octanol–water partition coefficient (Wildman–Crippen LogP) is 0.428. The number of nitrogens with one attached hydrogen (secondary N) is 1. The van der Waals surface area contributed by atoms with Crippen molar-refractivity contribution in [3.8, 4) is 0 Å². The quantitative estimate of drug-likeness (QED) is 0.705. The van der Waals surface area contributed by atoms with E-state index in [-0.39, 0.29) is 6.42 Å². The van der Waals surface area contributed by atoms with Crippen molar-refractivity contribution in [1.29, 1.82) is 0 Å². The van der Waals surface area contributed by atoms with Gasteiger partial charge in [0.25, 0.3) is 0 Å². The summed E-state index contributed by atoms with van der Waals surface area (Å²) in [7, 11) is 1.84. The molecule has 0 aliphatic heterocycles. The van der Waals surface area contributed by atoms with Crippen molar-refractivity contribution in [2.75, 3.05) is 7.05 Å². The molecule has 13 heavy (non-hydrogen) atoms. The Bertz CT molecular complexity index is 282. The maximum atomic E-state index is 10.3. The van der Waals surface area contributed by atoms with Crippen LogP contribution >= 0.6 is 0 Å². The van der Waals surface area contributed by atoms with E-state index in [2.05, 4.69) is 10.3 Å². The van der Waals surface area contributed by atoms with Gasteiger partial charge in [0, 0.05) is 12.7 Å². The van der Waals surface area contributed by atoms with Crippen LogP contribution in [0.15, 0.2) is 18.3 Å². The number of hydrogen-bond acceptors (Lipinski definition) is 3. The number of aromatic nitrogens is 1. The molecule has 0 aliphatic rings. The molecular weight excluding hydrogens is 168 g/mol. The average Bonchev–Trinajstić information content (AvgIpc) is 2.08. The number of carboxylic acid groups (broad SMARTS) is 1. The predicted molar refractivity (Wildman–Crippen MR) is 48.3 cm³/mol. The minimum absolute atomic E-state index is 0.0346. The zero-order valence-corrected chi connectivity index (χ0v) is 7.45. The highest BCUT2D eigenvalue weighted by Crippen LogP contribution is 2.00. The zero-order valence-electron chi connectivity index (χ0n) is 7.45. The molecule has 0 radical (unpaired) electrons. The molecule has 0 spiro atoms. The van der Waals surface area contributed by atoms with E-state index in [1.165, 1.54) is 0 Å². The topological polar surface area (TPSA) is 62.2 Å². The Hall–Kier alpha value is -1.42. The molecule has 2 N–H and O–H groups in total. The molecule has 4 nitrogen and oxygen atoms in total. The molecule has 0 saturated heterocycles. The molecule has 0 atom stereocenters. The Morgan fingerprint density at radius 1 is 1.62 bits per heavy atom. The lowest BCUT2D eigenvalue weighted by atomic mass is 10.2. The fourth-order valence-electron chi connectivity index (χ4n) is 1.02. The maximum absolute atomic E-state index is 10.3. The van der Waals surface area contributed by atoms with Gasteiger partial charge >= 0.3 is 5.97 Å². The summed E-state index contributed by atoms with van der Waals surface area (Å²) in [6, 6.07) is 3.61. The second-order valence-corrected chi connectivity index (χ2v) is 2.76. The van der Waals surface area contributed by atoms with Crippen LogP contribution in [0.4, 0.5) is 0 Å². The van der Waals surface area contributed by atoms with E-state index in [0.29, 0.717) is 6.54 Å². The second kappa shape index (κ2) is 4.57. The highest BCUT2D eigenvalue weighted by Gasteiger charge is 2.00. The highest BCUT2D eigenvalue weighted by molar-refractivity contribution is 5.69. The van der Waals surface area contributed by atoms with Gasteiger partial charge in [-0.05, 0) is 18.7 Å². The monoisotopic (exact) mass is 180 g/mol. The summed E-state index contributed by atoms with van der Waals surface area (Å²) in [5, 5.41) is 11.5. The number of nitrogens with zero attached hydrogens (tertiary/aromatic N) is 1. The molecule has 0 unspecified atom stereocenters. The minimum Gasteiger partial charge on any atom is -0.481 e. The molecule has 4 heteroatoms. The average molecular weight is 180 g/mol. The van der Waals surface area contributed by atoms with E-state index in [4.69, 9.17) is 5.11 Å². The largest absolute Gasteiger partial charge is 0.481 e. The Morgan fingerprint density at radius 2 is 2.38 bits per heavy atom. The first kappa shape index (κ1) is 9.67. The lowest BCUT2D eigenvalue weighted by molar-refractivity contribution is -0.136. The number of carbonyl (C=O) groups is 1. The molecule has 70 valence electrons. The molecule has 1 aromatic rings. The van der Waals surface area contributed by atoms with Crippen LogP contribution in [0.1, 0.15) is 11.3 Å². The van der Waals surface area contributed by atoms with Gasteiger partial charge in [-0.1, -0.05) is 6.07 Å². The van der Waals surface area contributed by atoms with E-state index in [0.717, 1.165) is 11.3 Å². The Morgan fingerprint density at radius 3 is 2.85 bits per heavy atom. The molecule has 0 amide bonds. The van der Waals surface area contributed by atoms with Crippen molar-refractivity contribution in [2.45, 2.75) is 13.0 Å². The molecule has 0 saturated carbocycles. The van der Waals surface area contributed by atoms with Crippen LogP contribution in [0, 0.1) is 0 Å². The van der Waals surface area contributed by atoms with Gasteiger partial charge in [-0.25, -0.2) is 0 Å². The lowest BCUT2D eigenvalue weighted by Gasteiger charge is -2.00. The number of hydrogen-bond donors (Lipinski definition) is 2. The van der Waals surface area contributed by atoms with E-state index < -0.39 is 5.97 Å². The van der Waals surface area contributed by atoms with Crippen LogP contribution in [0.25, 0.3) is 0 Å². The Labute approximate surface area is 76.6 Å². The van der Waals surface area contributed by atoms with Crippen molar-refractivity contribution in [3.63, 3.8) is 0 Å². The number of carboxylic acids is 1. The first-order valence-corrected chi connectivity index (χ1v) is 4.02. The van der Waals surface area contributed by atoms with Crippen LogP contribution in [0.2, 0.25) is 0 Å². The normalized spacial score (nSPS) is 9.92. The van der Waals surface area contributed by atoms with Crippen LogP contribution in [0.5, 0.6) is 0 Å². The van der Waals surface area contributed by atoms with Crippen molar-refractivity contribution in [1.82, 2.24) is 10.3 Å². The highest BCUT2D eigenvalue weighted by atomic mass is 16.4. The van der Waals surface area contributed by atoms with Crippen molar-refractivity contribution in [3.05, 3.63) is 29.6 Å². The summed E-state index contributed by atoms with van der Waals surface area (Å²) in [5.74, 6) is -0.830. The third-order valence-electron chi connectivity index (χ3n) is 1.60. The molecule has 1 aromatic heterocycles. The van der Waals surface area contributed by atoms with E-state index in [9.17, 15) is 4.79 Å². The van der Waals surface area contributed by atoms with Crippen molar-refractivity contribution in [2.24, 2.45) is 0 Å². The molecule has 1 rings (SSSR count). The van der Waals surface area contributed by atoms with Gasteiger partial charge in [0.1, 0.15) is 0 Å². The molecule has 1 heterocycles. The third kappa shape index (κ3) is 3.21. The van der Waals surface area contributed by atoms with Crippen molar-refractivity contribution >= 4 is 5.97 Å². The van der Waals surface area contributed by atoms with Crippen LogP contribution in [-0.4, -0.2) is 23.1 Å². The standard InChI is InChI=1S/C9H12N2O2/c1-10-6-8-3-2-7(5-11-8)4-9(12)13/h2-3,5,10H,4,6H2,1H3,(H,12,13). The summed E-state index contributed by atoms with van der Waals surface area (Å²) in [6.07, 6.45) is 1.63. The van der Waals surface area contributed by atoms with Gasteiger partial charge in [0.15, 0.2) is 0 Å². The zero-order chi connectivity index (χ0) is 9.68. The van der Waals surface area contributed by atoms with Gasteiger partial charge in [0.05, 0.1) is 12.1 Å². The second-order valence-electron chi connectivity index (χ2n) is 2.76. The smallest absolute Gasteiger partial charge is 0.307 e. The van der Waals surface area contributed by atoms with Crippen LogP contribution < -0.4 is 5.32 Å². The number of pyridine rings is 1. The third-order valence-corrected chi connectivity index (χ3v) is 1.60. The Kier molecular flexibility index (Phi) is 3.40. The summed E-state index contributed by atoms with van der Waals surface area (Å²) in [6.45, 7) is 0.702. The summed E-state index contributed by atoms with van der Waals surface area (Å²) >= 11 is 0. The van der Waals surface area contributed by atoms with E-state index in [1.54, 1.807) is 12.3 Å². The van der Waals surface area contributed by atoms with Gasteiger partial charge in [-0.3, -0.25) is 9.78 Å². The number of rotatable bonds is 4. The van der Waals surface area contributed by atoms with Crippen LogP contribution in [0.3, 0.4) is 0 Å². The fourth-order valence-corrected chi connectivity index (χ4v) is 1.02. The molecule has 0 aliphatic carbocycles. The summed E-state index contributed by atoms with van der Waals surface area (Å²) in [4.78, 5) is 14.4.